The van der Waals surface area contributed by atoms with Crippen molar-refractivity contribution < 1.29 is 19.1 Å². The van der Waals surface area contributed by atoms with Crippen LogP contribution in [0.25, 0.3) is 10.9 Å². The van der Waals surface area contributed by atoms with Gasteiger partial charge in [0.25, 0.3) is 0 Å². The Morgan fingerprint density at radius 3 is 2.39 bits per heavy atom. The van der Waals surface area contributed by atoms with Crippen LogP contribution in [0.1, 0.15) is 56.6 Å². The SMILES string of the molecule is CCCCCCCC(=O)N(CCOC)CC(=O)N(CCc1c[nH]c2ccccc12)Cc1ccccc1OC. The van der Waals surface area contributed by atoms with Crippen molar-refractivity contribution in [2.24, 2.45) is 0 Å². The van der Waals surface area contributed by atoms with Crippen molar-refractivity contribution in [1.82, 2.24) is 14.8 Å². The number of para-hydroxylation sites is 2. The lowest BCUT2D eigenvalue weighted by molar-refractivity contribution is -0.141. The molecule has 0 fully saturated rings. The number of rotatable bonds is 17. The van der Waals surface area contributed by atoms with Gasteiger partial charge in [0, 0.05) is 55.8 Å². The summed E-state index contributed by atoms with van der Waals surface area (Å²) in [6, 6.07) is 15.9. The number of nitrogens with one attached hydrogen (secondary N) is 1. The number of unbranched alkanes of at least 4 members (excludes halogenated alkanes) is 4. The number of amides is 2. The number of aromatic nitrogens is 1. The maximum atomic E-state index is 13.7. The van der Waals surface area contributed by atoms with E-state index in [2.05, 4.69) is 24.0 Å². The third kappa shape index (κ3) is 8.62. The number of ether oxygens (including phenoxy) is 2. The Balaban J connectivity index is 1.73. The number of hydrogen-bond acceptors (Lipinski definition) is 4. The third-order valence-corrected chi connectivity index (χ3v) is 6.97. The Bertz CT molecular complexity index is 1140. The van der Waals surface area contributed by atoms with Gasteiger partial charge in [-0.1, -0.05) is 69.0 Å². The van der Waals surface area contributed by atoms with E-state index in [1.165, 1.54) is 12.8 Å². The summed E-state index contributed by atoms with van der Waals surface area (Å²) in [5.74, 6) is 0.684. The number of carbonyl (C=O) groups is 2. The molecule has 206 valence electrons. The Hall–Kier alpha value is -3.32. The molecule has 38 heavy (non-hydrogen) atoms. The van der Waals surface area contributed by atoms with E-state index in [-0.39, 0.29) is 18.4 Å². The normalized spacial score (nSPS) is 11.0. The van der Waals surface area contributed by atoms with Crippen LogP contribution in [0.2, 0.25) is 0 Å². The second-order valence-corrected chi connectivity index (χ2v) is 9.71. The number of benzene rings is 2. The lowest BCUT2D eigenvalue weighted by Gasteiger charge is -2.28. The summed E-state index contributed by atoms with van der Waals surface area (Å²) in [5, 5.41) is 1.16. The number of nitrogens with zero attached hydrogens (tertiary/aromatic N) is 2. The molecule has 3 rings (SSSR count). The topological polar surface area (TPSA) is 74.9 Å². The van der Waals surface area contributed by atoms with Crippen molar-refractivity contribution >= 4 is 22.7 Å². The van der Waals surface area contributed by atoms with Crippen LogP contribution in [0.4, 0.5) is 0 Å². The molecule has 0 bridgehead atoms. The molecule has 0 aliphatic carbocycles. The first-order valence-electron chi connectivity index (χ1n) is 13.8. The molecule has 1 N–H and O–H groups in total. The van der Waals surface area contributed by atoms with Gasteiger partial charge in [-0.3, -0.25) is 9.59 Å². The van der Waals surface area contributed by atoms with E-state index in [4.69, 9.17) is 9.47 Å². The average Bonchev–Trinajstić information content (AvgIpc) is 3.36. The van der Waals surface area contributed by atoms with Gasteiger partial charge in [-0.05, 0) is 30.5 Å². The Labute approximate surface area is 227 Å². The molecule has 0 atom stereocenters. The van der Waals surface area contributed by atoms with E-state index in [0.717, 1.165) is 47.0 Å². The Kier molecular flexibility index (Phi) is 12.2. The standard InChI is InChI=1S/C31H43N3O4/c1-4-5-6-7-8-17-30(35)34(20-21-37-2)24-31(36)33(23-26-13-9-12-16-29(26)38-3)19-18-25-22-32-28-15-11-10-14-27(25)28/h9-16,22,32H,4-8,17-21,23-24H2,1-3H3. The van der Waals surface area contributed by atoms with Crippen molar-refractivity contribution in [2.45, 2.75) is 58.4 Å². The molecule has 0 radical (unpaired) electrons. The molecule has 0 saturated carbocycles. The molecular formula is C31H43N3O4. The summed E-state index contributed by atoms with van der Waals surface area (Å²) >= 11 is 0. The zero-order valence-corrected chi connectivity index (χ0v) is 23.2. The fraction of sp³-hybridized carbons (Fsp3) is 0.484. The van der Waals surface area contributed by atoms with E-state index in [1.54, 1.807) is 19.1 Å². The van der Waals surface area contributed by atoms with Crippen LogP contribution in [-0.2, 0) is 27.3 Å². The van der Waals surface area contributed by atoms with Crippen molar-refractivity contribution in [1.29, 1.82) is 0 Å². The van der Waals surface area contributed by atoms with Gasteiger partial charge in [-0.25, -0.2) is 0 Å². The number of fused-ring (bicyclic) bond motifs is 1. The largest absolute Gasteiger partial charge is 0.496 e. The molecule has 0 spiro atoms. The van der Waals surface area contributed by atoms with Crippen LogP contribution >= 0.6 is 0 Å². The van der Waals surface area contributed by atoms with E-state index < -0.39 is 0 Å². The molecule has 0 saturated heterocycles. The van der Waals surface area contributed by atoms with Crippen molar-refractivity contribution in [2.75, 3.05) is 40.5 Å². The summed E-state index contributed by atoms with van der Waals surface area (Å²) in [6.07, 6.45) is 8.57. The first kappa shape index (κ1) is 29.2. The van der Waals surface area contributed by atoms with Crippen LogP contribution in [0.3, 0.4) is 0 Å². The van der Waals surface area contributed by atoms with Gasteiger partial charge >= 0.3 is 0 Å². The summed E-state index contributed by atoms with van der Waals surface area (Å²) in [4.78, 5) is 33.6. The molecule has 1 aromatic heterocycles. The predicted octanol–water partition coefficient (Wildman–Crippen LogP) is 5.58. The second-order valence-electron chi connectivity index (χ2n) is 9.71. The summed E-state index contributed by atoms with van der Waals surface area (Å²) in [5.41, 5.74) is 3.19. The number of carbonyl (C=O) groups excluding carboxylic acids is 2. The molecule has 1 heterocycles. The van der Waals surface area contributed by atoms with Crippen LogP contribution in [0, 0.1) is 0 Å². The van der Waals surface area contributed by atoms with E-state index in [0.29, 0.717) is 39.1 Å². The highest BCUT2D eigenvalue weighted by Gasteiger charge is 2.22. The van der Waals surface area contributed by atoms with Crippen molar-refractivity contribution in [3.05, 3.63) is 65.9 Å². The van der Waals surface area contributed by atoms with Crippen LogP contribution in [-0.4, -0.2) is 67.1 Å². The van der Waals surface area contributed by atoms with E-state index >= 15 is 0 Å². The molecule has 2 amide bonds. The number of H-pyrrole nitrogens is 1. The van der Waals surface area contributed by atoms with Crippen LogP contribution in [0.5, 0.6) is 5.75 Å². The minimum absolute atomic E-state index is 0.0146. The summed E-state index contributed by atoms with van der Waals surface area (Å²) in [6.45, 7) is 3.97. The predicted molar refractivity (Wildman–Crippen MR) is 152 cm³/mol. The smallest absolute Gasteiger partial charge is 0.242 e. The first-order valence-corrected chi connectivity index (χ1v) is 13.8. The van der Waals surface area contributed by atoms with Gasteiger partial charge in [-0.2, -0.15) is 0 Å². The highest BCUT2D eigenvalue weighted by Crippen LogP contribution is 2.22. The van der Waals surface area contributed by atoms with Crippen molar-refractivity contribution in [3.63, 3.8) is 0 Å². The number of aromatic amines is 1. The van der Waals surface area contributed by atoms with Gasteiger partial charge in [0.1, 0.15) is 5.75 Å². The summed E-state index contributed by atoms with van der Waals surface area (Å²) in [7, 11) is 3.26. The Morgan fingerprint density at radius 1 is 0.842 bits per heavy atom. The lowest BCUT2D eigenvalue weighted by atomic mass is 10.1. The molecule has 7 nitrogen and oxygen atoms in total. The molecule has 0 aliphatic rings. The minimum atomic E-state index is -0.0776. The molecule has 0 unspecified atom stereocenters. The van der Waals surface area contributed by atoms with Gasteiger partial charge in [0.15, 0.2) is 0 Å². The van der Waals surface area contributed by atoms with Crippen molar-refractivity contribution in [3.8, 4) is 5.75 Å². The number of hydrogen-bond donors (Lipinski definition) is 1. The lowest BCUT2D eigenvalue weighted by Crippen LogP contribution is -2.44. The first-order chi connectivity index (χ1) is 18.6. The quantitative estimate of drug-likeness (QED) is 0.235. The van der Waals surface area contributed by atoms with Crippen LogP contribution < -0.4 is 4.74 Å². The zero-order chi connectivity index (χ0) is 27.2. The maximum Gasteiger partial charge on any atom is 0.242 e. The zero-order valence-electron chi connectivity index (χ0n) is 23.2. The average molecular weight is 522 g/mol. The van der Waals surface area contributed by atoms with Gasteiger partial charge in [0.2, 0.25) is 11.8 Å². The molecule has 3 aromatic rings. The molecular weight excluding hydrogens is 478 g/mol. The monoisotopic (exact) mass is 521 g/mol. The highest BCUT2D eigenvalue weighted by atomic mass is 16.5. The van der Waals surface area contributed by atoms with Crippen LogP contribution in [0.15, 0.2) is 54.7 Å². The second kappa shape index (κ2) is 15.8. The maximum absolute atomic E-state index is 13.7. The number of methoxy groups -OCH3 is 2. The molecule has 2 aromatic carbocycles. The van der Waals surface area contributed by atoms with Gasteiger partial charge in [-0.15, -0.1) is 0 Å². The fourth-order valence-electron chi connectivity index (χ4n) is 4.72. The fourth-order valence-corrected chi connectivity index (χ4v) is 4.72. The van der Waals surface area contributed by atoms with Gasteiger partial charge in [0.05, 0.1) is 20.3 Å². The van der Waals surface area contributed by atoms with E-state index in [1.807, 2.05) is 47.5 Å². The van der Waals surface area contributed by atoms with E-state index in [9.17, 15) is 9.59 Å². The molecule has 7 heteroatoms. The minimum Gasteiger partial charge on any atom is -0.496 e. The Morgan fingerprint density at radius 2 is 1.61 bits per heavy atom. The third-order valence-electron chi connectivity index (χ3n) is 6.97. The van der Waals surface area contributed by atoms with Gasteiger partial charge < -0.3 is 24.3 Å². The highest BCUT2D eigenvalue weighted by molar-refractivity contribution is 5.85. The summed E-state index contributed by atoms with van der Waals surface area (Å²) < 4.78 is 10.8. The molecule has 0 aliphatic heterocycles.